The minimum Gasteiger partial charge on any atom is -0.463 e. The molecule has 1 aromatic carbocycles. The van der Waals surface area contributed by atoms with Gasteiger partial charge in [-0.2, -0.15) is 0 Å². The molecular weight excluding hydrogens is 514 g/mol. The minimum absolute atomic E-state index is 0.0124. The van der Waals surface area contributed by atoms with Crippen LogP contribution in [-0.4, -0.2) is 50.4 Å². The average Bonchev–Trinajstić information content (AvgIpc) is 3.83. The van der Waals surface area contributed by atoms with Crippen molar-refractivity contribution in [3.05, 3.63) is 75.3 Å². The van der Waals surface area contributed by atoms with Crippen molar-refractivity contribution in [2.45, 2.75) is 75.9 Å². The third-order valence-corrected chi connectivity index (χ3v) is 9.33. The Balaban J connectivity index is 1.24. The van der Waals surface area contributed by atoms with Gasteiger partial charge in [0, 0.05) is 44.2 Å². The van der Waals surface area contributed by atoms with E-state index in [1.807, 2.05) is 11.6 Å². The number of aryl methyl sites for hydroxylation is 1. The van der Waals surface area contributed by atoms with Crippen molar-refractivity contribution < 1.29 is 9.15 Å². The molecule has 4 heterocycles. The number of aromatic nitrogens is 4. The van der Waals surface area contributed by atoms with E-state index in [-0.39, 0.29) is 17.5 Å². The predicted molar refractivity (Wildman–Crippen MR) is 156 cm³/mol. The fourth-order valence-electron chi connectivity index (χ4n) is 6.70. The van der Waals surface area contributed by atoms with Gasteiger partial charge in [-0.3, -0.25) is 14.7 Å². The maximum absolute atomic E-state index is 14.3. The number of hydrogen-bond donors (Lipinski definition) is 0. The number of pyridine rings is 1. The van der Waals surface area contributed by atoms with Crippen molar-refractivity contribution in [2.24, 2.45) is 13.0 Å². The molecule has 4 aromatic rings. The molecular formula is C33H37N5O3. The van der Waals surface area contributed by atoms with Crippen molar-refractivity contribution in [3.63, 3.8) is 0 Å². The third-order valence-electron chi connectivity index (χ3n) is 9.33. The fraction of sp³-hybridized carbons (Fsp3) is 0.515. The number of hydrogen-bond acceptors (Lipinski definition) is 7. The van der Waals surface area contributed by atoms with E-state index in [2.05, 4.69) is 46.3 Å². The number of rotatable bonds is 8. The topological polar surface area (TPSA) is 86.3 Å². The zero-order chi connectivity index (χ0) is 27.7. The van der Waals surface area contributed by atoms with Crippen LogP contribution in [0, 0.1) is 5.92 Å². The molecule has 3 saturated carbocycles. The lowest BCUT2D eigenvalue weighted by molar-refractivity contribution is -0.0212. The van der Waals surface area contributed by atoms with Gasteiger partial charge in [0.15, 0.2) is 0 Å². The maximum atomic E-state index is 14.3. The molecule has 0 amide bonds. The molecule has 212 valence electrons. The Hall–Kier alpha value is -3.36. The second kappa shape index (κ2) is 9.88. The quantitative estimate of drug-likeness (QED) is 0.286. The molecule has 0 bridgehead atoms. The largest absolute Gasteiger partial charge is 0.463 e. The SMILES string of the molecule is C[C@@H]1CN(Cc2cc(C3CC3)c3occ(-c4cc([C@H](c5nncn5C)C5CC5)cc(C5CC5)n4)c(=O)c3c2)CCO1. The Bertz CT molecular complexity index is 1680. The number of nitrogens with zero attached hydrogens (tertiary/aromatic N) is 5. The molecule has 8 rings (SSSR count). The highest BCUT2D eigenvalue weighted by atomic mass is 16.5. The molecule has 41 heavy (non-hydrogen) atoms. The molecule has 1 aliphatic heterocycles. The van der Waals surface area contributed by atoms with Gasteiger partial charge in [0.1, 0.15) is 24.0 Å². The van der Waals surface area contributed by atoms with Gasteiger partial charge in [-0.05, 0) is 92.2 Å². The Morgan fingerprint density at radius 2 is 1.88 bits per heavy atom. The smallest absolute Gasteiger partial charge is 0.202 e. The normalized spacial score (nSPS) is 22.3. The van der Waals surface area contributed by atoms with Gasteiger partial charge in [0.25, 0.3) is 0 Å². The number of ether oxygens (including phenoxy) is 1. The van der Waals surface area contributed by atoms with E-state index in [0.717, 1.165) is 69.0 Å². The minimum atomic E-state index is 0.0124. The molecule has 8 nitrogen and oxygen atoms in total. The Morgan fingerprint density at radius 3 is 2.59 bits per heavy atom. The van der Waals surface area contributed by atoms with Crippen LogP contribution in [0.1, 0.15) is 91.4 Å². The van der Waals surface area contributed by atoms with E-state index in [4.69, 9.17) is 14.1 Å². The van der Waals surface area contributed by atoms with Gasteiger partial charge in [-0.25, -0.2) is 0 Å². The molecule has 0 N–H and O–H groups in total. The summed E-state index contributed by atoms with van der Waals surface area (Å²) in [6, 6.07) is 8.71. The van der Waals surface area contributed by atoms with Gasteiger partial charge in [0.05, 0.1) is 29.4 Å². The summed E-state index contributed by atoms with van der Waals surface area (Å²) in [6.45, 7) is 5.49. The average molecular weight is 552 g/mol. The lowest BCUT2D eigenvalue weighted by atomic mass is 9.91. The van der Waals surface area contributed by atoms with Crippen molar-refractivity contribution in [3.8, 4) is 11.3 Å². The first-order valence-electron chi connectivity index (χ1n) is 15.3. The molecule has 3 aromatic heterocycles. The van der Waals surface area contributed by atoms with Crippen LogP contribution in [0.4, 0.5) is 0 Å². The summed E-state index contributed by atoms with van der Waals surface area (Å²) < 4.78 is 14.1. The first-order valence-corrected chi connectivity index (χ1v) is 15.3. The standard InChI is InChI=1S/C33H37N5O3/c1-19-15-38(9-10-40-19)16-20-11-25(21-3-4-21)32-26(12-20)31(39)27(17-41-32)29-14-24(13-28(35-29)22-5-6-22)30(23-7-8-23)33-36-34-18-37(33)2/h11-14,17-19,21-23,30H,3-10,15-16H2,1-2H3/t19-,30-/m1/s1. The molecule has 0 radical (unpaired) electrons. The second-order valence-corrected chi connectivity index (χ2v) is 12.8. The van der Waals surface area contributed by atoms with E-state index in [9.17, 15) is 4.79 Å². The first-order chi connectivity index (χ1) is 20.0. The molecule has 0 unspecified atom stereocenters. The molecule has 1 saturated heterocycles. The van der Waals surface area contributed by atoms with Crippen LogP contribution in [0.25, 0.3) is 22.2 Å². The van der Waals surface area contributed by atoms with E-state index in [1.165, 1.54) is 29.5 Å². The van der Waals surface area contributed by atoms with Gasteiger partial charge in [-0.1, -0.05) is 6.07 Å². The zero-order valence-corrected chi connectivity index (χ0v) is 23.9. The van der Waals surface area contributed by atoms with Crippen LogP contribution < -0.4 is 5.43 Å². The molecule has 4 aliphatic rings. The lowest BCUT2D eigenvalue weighted by Crippen LogP contribution is -2.40. The van der Waals surface area contributed by atoms with Gasteiger partial charge >= 0.3 is 0 Å². The Labute approximate surface area is 239 Å². The highest BCUT2D eigenvalue weighted by Gasteiger charge is 2.38. The number of morpholine rings is 1. The van der Waals surface area contributed by atoms with Gasteiger partial charge < -0.3 is 13.7 Å². The van der Waals surface area contributed by atoms with Crippen molar-refractivity contribution in [1.82, 2.24) is 24.6 Å². The van der Waals surface area contributed by atoms with Crippen LogP contribution in [0.2, 0.25) is 0 Å². The third kappa shape index (κ3) is 4.91. The summed E-state index contributed by atoms with van der Waals surface area (Å²) in [5, 5.41) is 9.36. The van der Waals surface area contributed by atoms with Gasteiger partial charge in [0.2, 0.25) is 5.43 Å². The summed E-state index contributed by atoms with van der Waals surface area (Å²) in [5.41, 5.74) is 6.64. The molecule has 2 atom stereocenters. The van der Waals surface area contributed by atoms with Crippen LogP contribution >= 0.6 is 0 Å². The summed E-state index contributed by atoms with van der Waals surface area (Å²) in [6.07, 6.45) is 10.6. The second-order valence-electron chi connectivity index (χ2n) is 12.8. The number of fused-ring (bicyclic) bond motifs is 1. The summed E-state index contributed by atoms with van der Waals surface area (Å²) >= 11 is 0. The van der Waals surface area contributed by atoms with Crippen molar-refractivity contribution in [2.75, 3.05) is 19.7 Å². The van der Waals surface area contributed by atoms with Gasteiger partial charge in [-0.15, -0.1) is 10.2 Å². The van der Waals surface area contributed by atoms with Crippen LogP contribution in [0.5, 0.6) is 0 Å². The molecule has 3 aliphatic carbocycles. The summed E-state index contributed by atoms with van der Waals surface area (Å²) in [4.78, 5) is 21.8. The van der Waals surface area contributed by atoms with Crippen molar-refractivity contribution >= 4 is 11.0 Å². The fourth-order valence-corrected chi connectivity index (χ4v) is 6.70. The summed E-state index contributed by atoms with van der Waals surface area (Å²) in [7, 11) is 2.01. The predicted octanol–water partition coefficient (Wildman–Crippen LogP) is 5.50. The zero-order valence-electron chi connectivity index (χ0n) is 23.9. The Kier molecular flexibility index (Phi) is 6.11. The molecule has 0 spiro atoms. The van der Waals surface area contributed by atoms with E-state index in [1.54, 1.807) is 12.6 Å². The first kappa shape index (κ1) is 25.4. The van der Waals surface area contributed by atoms with Crippen LogP contribution in [0.3, 0.4) is 0 Å². The van der Waals surface area contributed by atoms with E-state index in [0.29, 0.717) is 34.4 Å². The monoisotopic (exact) mass is 551 g/mol. The number of benzene rings is 1. The summed E-state index contributed by atoms with van der Waals surface area (Å²) in [5.74, 6) is 2.61. The van der Waals surface area contributed by atoms with E-state index < -0.39 is 0 Å². The lowest BCUT2D eigenvalue weighted by Gasteiger charge is -2.31. The highest BCUT2D eigenvalue weighted by molar-refractivity contribution is 5.85. The van der Waals surface area contributed by atoms with Crippen LogP contribution in [0.15, 0.2) is 46.1 Å². The molecule has 8 heteroatoms. The van der Waals surface area contributed by atoms with Crippen molar-refractivity contribution in [1.29, 1.82) is 0 Å². The highest BCUT2D eigenvalue weighted by Crippen LogP contribution is 2.48. The van der Waals surface area contributed by atoms with Crippen LogP contribution in [-0.2, 0) is 18.3 Å². The Morgan fingerprint density at radius 1 is 1.05 bits per heavy atom. The van der Waals surface area contributed by atoms with E-state index >= 15 is 0 Å². The molecule has 4 fully saturated rings. The maximum Gasteiger partial charge on any atom is 0.202 e.